The quantitative estimate of drug-likeness (QED) is 0.576. The standard InChI is InChI=1S/C22H30N4O4/c1-3-18-20-19(9-5-13-29-14-6-11-24-21(20)27)26(25-18)12-7-15-30-22(28)17-8-4-10-23-16(17)2/h4,8,10H,3,5-7,9,11-15H2,1-2H3,(H,24,27). The minimum Gasteiger partial charge on any atom is -0.462 e. The molecule has 0 atom stereocenters. The van der Waals surface area contributed by atoms with E-state index in [0.29, 0.717) is 56.0 Å². The molecular weight excluding hydrogens is 384 g/mol. The lowest BCUT2D eigenvalue weighted by Gasteiger charge is -2.10. The summed E-state index contributed by atoms with van der Waals surface area (Å²) in [6.07, 6.45) is 5.32. The van der Waals surface area contributed by atoms with Gasteiger partial charge in [0.1, 0.15) is 0 Å². The van der Waals surface area contributed by atoms with Crippen molar-refractivity contribution in [1.82, 2.24) is 20.1 Å². The Bertz CT molecular complexity index is 878. The average molecular weight is 415 g/mol. The molecule has 0 bridgehead atoms. The third kappa shape index (κ3) is 5.44. The van der Waals surface area contributed by atoms with Crippen LogP contribution in [0.3, 0.4) is 0 Å². The number of aromatic nitrogens is 3. The number of hydrogen-bond acceptors (Lipinski definition) is 6. The molecule has 1 aliphatic rings. The van der Waals surface area contributed by atoms with E-state index in [9.17, 15) is 9.59 Å². The van der Waals surface area contributed by atoms with E-state index in [1.54, 1.807) is 25.3 Å². The van der Waals surface area contributed by atoms with Gasteiger partial charge < -0.3 is 14.8 Å². The monoisotopic (exact) mass is 414 g/mol. The number of amides is 1. The minimum absolute atomic E-state index is 0.0616. The fourth-order valence-corrected chi connectivity index (χ4v) is 3.57. The zero-order valence-corrected chi connectivity index (χ0v) is 17.8. The molecular formula is C22H30N4O4. The third-order valence-electron chi connectivity index (χ3n) is 5.12. The topological polar surface area (TPSA) is 95.3 Å². The summed E-state index contributed by atoms with van der Waals surface area (Å²) in [5, 5.41) is 7.66. The number of rotatable bonds is 6. The molecule has 0 saturated heterocycles. The highest BCUT2D eigenvalue weighted by molar-refractivity contribution is 5.96. The molecule has 8 nitrogen and oxygen atoms in total. The summed E-state index contributed by atoms with van der Waals surface area (Å²) in [5.74, 6) is -0.431. The Morgan fingerprint density at radius 2 is 2.17 bits per heavy atom. The lowest BCUT2D eigenvalue weighted by atomic mass is 10.1. The summed E-state index contributed by atoms with van der Waals surface area (Å²) in [7, 11) is 0. The van der Waals surface area contributed by atoms with Gasteiger partial charge in [0.25, 0.3) is 5.91 Å². The first-order chi connectivity index (χ1) is 14.6. The van der Waals surface area contributed by atoms with E-state index >= 15 is 0 Å². The predicted molar refractivity (Wildman–Crippen MR) is 112 cm³/mol. The second-order valence-corrected chi connectivity index (χ2v) is 7.30. The van der Waals surface area contributed by atoms with E-state index in [2.05, 4.69) is 15.4 Å². The van der Waals surface area contributed by atoms with E-state index in [1.165, 1.54) is 0 Å². The highest BCUT2D eigenvalue weighted by atomic mass is 16.5. The number of carbonyl (C=O) groups excluding carboxylic acids is 2. The number of nitrogens with zero attached hydrogens (tertiary/aromatic N) is 3. The summed E-state index contributed by atoms with van der Waals surface area (Å²) in [6, 6.07) is 3.43. The molecule has 1 amide bonds. The largest absolute Gasteiger partial charge is 0.462 e. The molecule has 30 heavy (non-hydrogen) atoms. The average Bonchev–Trinajstić information content (AvgIpc) is 3.08. The minimum atomic E-state index is -0.369. The molecule has 3 heterocycles. The van der Waals surface area contributed by atoms with Crippen molar-refractivity contribution < 1.29 is 19.1 Å². The number of ether oxygens (including phenoxy) is 2. The van der Waals surface area contributed by atoms with Crippen LogP contribution in [0, 0.1) is 6.92 Å². The molecule has 0 radical (unpaired) electrons. The van der Waals surface area contributed by atoms with Crippen molar-refractivity contribution in [2.75, 3.05) is 26.4 Å². The van der Waals surface area contributed by atoms with Crippen molar-refractivity contribution in [2.45, 2.75) is 52.5 Å². The van der Waals surface area contributed by atoms with Gasteiger partial charge in [-0.3, -0.25) is 14.5 Å². The maximum Gasteiger partial charge on any atom is 0.339 e. The second kappa shape index (κ2) is 10.9. The molecule has 1 N–H and O–H groups in total. The predicted octanol–water partition coefficient (Wildman–Crippen LogP) is 2.48. The van der Waals surface area contributed by atoms with Crippen molar-refractivity contribution in [3.8, 4) is 0 Å². The summed E-state index contributed by atoms with van der Waals surface area (Å²) in [6.45, 7) is 6.57. The zero-order valence-electron chi connectivity index (χ0n) is 17.8. The number of esters is 1. The molecule has 0 aromatic carbocycles. The molecule has 0 spiro atoms. The number of fused-ring (bicyclic) bond motifs is 1. The maximum absolute atomic E-state index is 12.8. The van der Waals surface area contributed by atoms with Gasteiger partial charge in [-0.25, -0.2) is 4.79 Å². The Morgan fingerprint density at radius 3 is 2.97 bits per heavy atom. The van der Waals surface area contributed by atoms with E-state index < -0.39 is 0 Å². The van der Waals surface area contributed by atoms with E-state index in [1.807, 2.05) is 11.6 Å². The van der Waals surface area contributed by atoms with Gasteiger partial charge in [0.2, 0.25) is 0 Å². The SMILES string of the molecule is CCc1nn(CCCOC(=O)c2cccnc2C)c2c1C(=O)NCCCOCCC2. The maximum atomic E-state index is 12.8. The van der Waals surface area contributed by atoms with Gasteiger partial charge in [-0.05, 0) is 44.7 Å². The first kappa shape index (κ1) is 22.0. The summed E-state index contributed by atoms with van der Waals surface area (Å²) in [5.41, 5.74) is 3.58. The van der Waals surface area contributed by atoms with Crippen LogP contribution in [0.1, 0.15) is 64.0 Å². The zero-order chi connectivity index (χ0) is 21.3. The Kier molecular flexibility index (Phi) is 7.96. The highest BCUT2D eigenvalue weighted by Gasteiger charge is 2.23. The summed E-state index contributed by atoms with van der Waals surface area (Å²) in [4.78, 5) is 29.1. The summed E-state index contributed by atoms with van der Waals surface area (Å²) >= 11 is 0. The summed E-state index contributed by atoms with van der Waals surface area (Å²) < 4.78 is 12.9. The fraction of sp³-hybridized carbons (Fsp3) is 0.545. The van der Waals surface area contributed by atoms with Crippen LogP contribution in [-0.2, 0) is 28.9 Å². The Morgan fingerprint density at radius 1 is 1.33 bits per heavy atom. The van der Waals surface area contributed by atoms with E-state index in [0.717, 1.165) is 30.7 Å². The Balaban J connectivity index is 1.66. The third-order valence-corrected chi connectivity index (χ3v) is 5.12. The first-order valence-electron chi connectivity index (χ1n) is 10.6. The van der Waals surface area contributed by atoms with E-state index in [-0.39, 0.29) is 18.5 Å². The van der Waals surface area contributed by atoms with Crippen molar-refractivity contribution in [1.29, 1.82) is 0 Å². The van der Waals surface area contributed by atoms with Gasteiger partial charge in [0.15, 0.2) is 0 Å². The van der Waals surface area contributed by atoms with Crippen LogP contribution in [0.15, 0.2) is 18.3 Å². The number of pyridine rings is 1. The Hall–Kier alpha value is -2.74. The van der Waals surface area contributed by atoms with Crippen molar-refractivity contribution in [3.05, 3.63) is 46.5 Å². The van der Waals surface area contributed by atoms with Crippen molar-refractivity contribution in [2.24, 2.45) is 0 Å². The molecule has 2 aromatic rings. The molecule has 0 unspecified atom stereocenters. The second-order valence-electron chi connectivity index (χ2n) is 7.30. The number of aryl methyl sites for hydroxylation is 3. The molecule has 8 heteroatoms. The van der Waals surface area contributed by atoms with Crippen molar-refractivity contribution in [3.63, 3.8) is 0 Å². The number of hydrogen-bond donors (Lipinski definition) is 1. The smallest absolute Gasteiger partial charge is 0.339 e. The molecule has 0 fully saturated rings. The Labute approximate surface area is 177 Å². The van der Waals surface area contributed by atoms with Crippen LogP contribution in [0.25, 0.3) is 0 Å². The molecule has 2 aromatic heterocycles. The van der Waals surface area contributed by atoms with Gasteiger partial charge >= 0.3 is 5.97 Å². The van der Waals surface area contributed by atoms with Gasteiger partial charge in [-0.15, -0.1) is 0 Å². The van der Waals surface area contributed by atoms with Crippen LogP contribution in [0.5, 0.6) is 0 Å². The van der Waals surface area contributed by atoms with Gasteiger partial charge in [0, 0.05) is 38.9 Å². The molecule has 1 aliphatic heterocycles. The lowest BCUT2D eigenvalue weighted by molar-refractivity contribution is 0.0493. The molecule has 0 saturated carbocycles. The first-order valence-corrected chi connectivity index (χ1v) is 10.6. The normalized spacial score (nSPS) is 15.1. The fourth-order valence-electron chi connectivity index (χ4n) is 3.57. The van der Waals surface area contributed by atoms with Crippen LogP contribution in [0.4, 0.5) is 0 Å². The van der Waals surface area contributed by atoms with Crippen LogP contribution in [0.2, 0.25) is 0 Å². The van der Waals surface area contributed by atoms with Gasteiger partial charge in [-0.1, -0.05) is 6.92 Å². The van der Waals surface area contributed by atoms with Gasteiger partial charge in [0.05, 0.1) is 34.8 Å². The van der Waals surface area contributed by atoms with Crippen LogP contribution < -0.4 is 5.32 Å². The van der Waals surface area contributed by atoms with Crippen molar-refractivity contribution >= 4 is 11.9 Å². The molecule has 162 valence electrons. The number of nitrogens with one attached hydrogen (secondary N) is 1. The number of carbonyl (C=O) groups is 2. The molecule has 3 rings (SSSR count). The van der Waals surface area contributed by atoms with Crippen LogP contribution in [-0.4, -0.2) is 53.0 Å². The highest BCUT2D eigenvalue weighted by Crippen LogP contribution is 2.19. The lowest BCUT2D eigenvalue weighted by Crippen LogP contribution is -2.26. The van der Waals surface area contributed by atoms with Crippen LogP contribution >= 0.6 is 0 Å². The van der Waals surface area contributed by atoms with E-state index in [4.69, 9.17) is 9.47 Å². The van der Waals surface area contributed by atoms with Gasteiger partial charge in [-0.2, -0.15) is 5.10 Å². The molecule has 0 aliphatic carbocycles.